The topological polar surface area (TPSA) is 84.3 Å². The molecule has 0 aliphatic carbocycles. The molecule has 6 nitrogen and oxygen atoms in total. The molecule has 1 aliphatic rings. The summed E-state index contributed by atoms with van der Waals surface area (Å²) in [6, 6.07) is 5.28. The van der Waals surface area contributed by atoms with Crippen molar-refractivity contribution in [3.05, 3.63) is 64.9 Å². The lowest BCUT2D eigenvalue weighted by Gasteiger charge is -2.37. The minimum absolute atomic E-state index is 0.00309. The van der Waals surface area contributed by atoms with E-state index in [2.05, 4.69) is 15.3 Å². The molecule has 1 aliphatic heterocycles. The van der Waals surface area contributed by atoms with Crippen molar-refractivity contribution in [2.24, 2.45) is 5.92 Å². The number of anilines is 1. The number of hydrogen-bond donors (Lipinski definition) is 2. The number of ether oxygens (including phenoxy) is 1. The lowest BCUT2D eigenvalue weighted by atomic mass is 9.88. The maximum atomic E-state index is 14.0. The Morgan fingerprint density at radius 1 is 1.26 bits per heavy atom. The molecular formula is C22H21F2N3O3S. The molecule has 4 atom stereocenters. The number of benzene rings is 1. The van der Waals surface area contributed by atoms with Crippen LogP contribution in [-0.4, -0.2) is 33.2 Å². The molecule has 2 N–H and O–H groups in total. The van der Waals surface area contributed by atoms with Crippen molar-refractivity contribution in [2.45, 2.75) is 38.6 Å². The van der Waals surface area contributed by atoms with Gasteiger partial charge < -0.3 is 15.2 Å². The Hall–Kier alpha value is -2.75. The van der Waals surface area contributed by atoms with Gasteiger partial charge in [0, 0.05) is 29.5 Å². The number of halogens is 2. The molecule has 1 saturated heterocycles. The van der Waals surface area contributed by atoms with Crippen molar-refractivity contribution in [3.63, 3.8) is 0 Å². The summed E-state index contributed by atoms with van der Waals surface area (Å²) >= 11 is 0.978. The molecule has 162 valence electrons. The maximum absolute atomic E-state index is 14.0. The van der Waals surface area contributed by atoms with Crippen molar-refractivity contribution in [1.29, 1.82) is 0 Å². The standard InChI is InChI=1S/C22H21F2N3O3S/c1-11-12(2)30-19(8-18(11)28)13-6-7-25-9-16(13)26-21(29)17-10-31-22(27-17)20-14(23)4-3-5-15(20)24/h3-7,9-12,18-19,28H,8H2,1-2H3,(H,26,29)/t11-,12+,18+,19+/m0/s1. The van der Waals surface area contributed by atoms with Gasteiger partial charge >= 0.3 is 0 Å². The van der Waals surface area contributed by atoms with Crippen molar-refractivity contribution < 1.29 is 23.4 Å². The van der Waals surface area contributed by atoms with E-state index < -0.39 is 29.7 Å². The Bertz CT molecular complexity index is 1070. The number of aliphatic hydroxyl groups is 1. The van der Waals surface area contributed by atoms with Gasteiger partial charge in [-0.2, -0.15) is 0 Å². The second-order valence-corrected chi connectivity index (χ2v) is 8.40. The van der Waals surface area contributed by atoms with Crippen LogP contribution in [0.2, 0.25) is 0 Å². The number of rotatable bonds is 4. The molecule has 0 radical (unpaired) electrons. The van der Waals surface area contributed by atoms with Gasteiger partial charge in [-0.15, -0.1) is 11.3 Å². The zero-order valence-electron chi connectivity index (χ0n) is 16.9. The van der Waals surface area contributed by atoms with Crippen molar-refractivity contribution in [2.75, 3.05) is 5.32 Å². The highest BCUT2D eigenvalue weighted by Gasteiger charge is 2.34. The van der Waals surface area contributed by atoms with E-state index in [0.29, 0.717) is 17.7 Å². The van der Waals surface area contributed by atoms with E-state index >= 15 is 0 Å². The predicted octanol–water partition coefficient (Wildman–Crippen LogP) is 4.58. The summed E-state index contributed by atoms with van der Waals surface area (Å²) < 4.78 is 34.1. The molecule has 1 amide bonds. The normalized spacial score (nSPS) is 23.5. The number of carbonyl (C=O) groups is 1. The Labute approximate surface area is 181 Å². The summed E-state index contributed by atoms with van der Waals surface area (Å²) in [5.74, 6) is -2.02. The fourth-order valence-corrected chi connectivity index (χ4v) is 4.40. The minimum atomic E-state index is -0.743. The number of aliphatic hydroxyl groups excluding tert-OH is 1. The third-order valence-electron chi connectivity index (χ3n) is 5.55. The summed E-state index contributed by atoms with van der Waals surface area (Å²) in [5.41, 5.74) is 0.889. The molecule has 0 bridgehead atoms. The first-order valence-electron chi connectivity index (χ1n) is 9.84. The molecule has 2 aromatic heterocycles. The number of thiazole rings is 1. The van der Waals surface area contributed by atoms with E-state index in [4.69, 9.17) is 4.74 Å². The maximum Gasteiger partial charge on any atom is 0.275 e. The third kappa shape index (κ3) is 4.34. The lowest BCUT2D eigenvalue weighted by Crippen LogP contribution is -2.38. The zero-order chi connectivity index (χ0) is 22.1. The summed E-state index contributed by atoms with van der Waals surface area (Å²) in [5, 5.41) is 14.6. The highest BCUT2D eigenvalue weighted by atomic mass is 32.1. The number of nitrogens with zero attached hydrogens (tertiary/aromatic N) is 2. The van der Waals surface area contributed by atoms with Gasteiger partial charge in [0.1, 0.15) is 22.3 Å². The third-order valence-corrected chi connectivity index (χ3v) is 6.40. The second kappa shape index (κ2) is 8.78. The SMILES string of the molecule is C[C@@H]1[C@H](O)C[C@H](c2ccncc2NC(=O)c2csc(-c3c(F)cccc3F)n2)O[C@@H]1C. The van der Waals surface area contributed by atoms with Crippen LogP contribution in [0.3, 0.4) is 0 Å². The zero-order valence-corrected chi connectivity index (χ0v) is 17.7. The molecule has 31 heavy (non-hydrogen) atoms. The van der Waals surface area contributed by atoms with Gasteiger partial charge in [0.2, 0.25) is 0 Å². The summed E-state index contributed by atoms with van der Waals surface area (Å²) in [7, 11) is 0. The fourth-order valence-electron chi connectivity index (χ4n) is 3.56. The molecular weight excluding hydrogens is 424 g/mol. The second-order valence-electron chi connectivity index (χ2n) is 7.54. The fraction of sp³-hybridized carbons (Fsp3) is 0.318. The molecule has 0 saturated carbocycles. The van der Waals surface area contributed by atoms with Crippen LogP contribution >= 0.6 is 11.3 Å². The van der Waals surface area contributed by atoms with E-state index in [9.17, 15) is 18.7 Å². The van der Waals surface area contributed by atoms with Crippen molar-refractivity contribution in [1.82, 2.24) is 9.97 Å². The van der Waals surface area contributed by atoms with Gasteiger partial charge in [0.05, 0.1) is 35.8 Å². The first-order valence-corrected chi connectivity index (χ1v) is 10.7. The van der Waals surface area contributed by atoms with Gasteiger partial charge in [-0.3, -0.25) is 9.78 Å². The van der Waals surface area contributed by atoms with Crippen LogP contribution in [0.1, 0.15) is 42.4 Å². The van der Waals surface area contributed by atoms with Crippen molar-refractivity contribution in [3.8, 4) is 10.6 Å². The van der Waals surface area contributed by atoms with Crippen LogP contribution in [0.5, 0.6) is 0 Å². The Morgan fingerprint density at radius 2 is 2.00 bits per heavy atom. The van der Waals surface area contributed by atoms with Crippen LogP contribution in [-0.2, 0) is 4.74 Å². The Kier molecular flexibility index (Phi) is 6.08. The molecule has 1 fully saturated rings. The molecule has 3 aromatic rings. The van der Waals surface area contributed by atoms with Crippen LogP contribution in [0, 0.1) is 17.6 Å². The van der Waals surface area contributed by atoms with Crippen LogP contribution in [0.25, 0.3) is 10.6 Å². The van der Waals surface area contributed by atoms with E-state index in [1.807, 2.05) is 13.8 Å². The minimum Gasteiger partial charge on any atom is -0.393 e. The smallest absolute Gasteiger partial charge is 0.275 e. The number of pyridine rings is 1. The van der Waals surface area contributed by atoms with Gasteiger partial charge in [0.25, 0.3) is 5.91 Å². The quantitative estimate of drug-likeness (QED) is 0.614. The average Bonchev–Trinajstić information content (AvgIpc) is 3.22. The van der Waals surface area contributed by atoms with E-state index in [1.165, 1.54) is 17.6 Å². The van der Waals surface area contributed by atoms with E-state index in [1.54, 1.807) is 12.3 Å². The molecule has 0 unspecified atom stereocenters. The van der Waals surface area contributed by atoms with Crippen LogP contribution in [0.15, 0.2) is 42.0 Å². The largest absolute Gasteiger partial charge is 0.393 e. The number of nitrogens with one attached hydrogen (secondary N) is 1. The van der Waals surface area contributed by atoms with Crippen LogP contribution < -0.4 is 5.32 Å². The highest BCUT2D eigenvalue weighted by molar-refractivity contribution is 7.13. The molecule has 0 spiro atoms. The number of aromatic nitrogens is 2. The van der Waals surface area contributed by atoms with E-state index in [0.717, 1.165) is 23.5 Å². The van der Waals surface area contributed by atoms with Crippen molar-refractivity contribution >= 4 is 22.9 Å². The van der Waals surface area contributed by atoms with E-state index in [-0.39, 0.29) is 28.3 Å². The van der Waals surface area contributed by atoms with Gasteiger partial charge in [-0.1, -0.05) is 13.0 Å². The number of hydrogen-bond acceptors (Lipinski definition) is 6. The molecule has 9 heteroatoms. The Morgan fingerprint density at radius 3 is 2.71 bits per heavy atom. The molecule has 1 aromatic carbocycles. The number of carbonyl (C=O) groups excluding carboxylic acids is 1. The molecule has 3 heterocycles. The monoisotopic (exact) mass is 445 g/mol. The first kappa shape index (κ1) is 21.5. The first-order chi connectivity index (χ1) is 14.8. The summed E-state index contributed by atoms with van der Waals surface area (Å²) in [4.78, 5) is 20.9. The van der Waals surface area contributed by atoms with Gasteiger partial charge in [-0.05, 0) is 25.1 Å². The summed E-state index contributed by atoms with van der Waals surface area (Å²) in [6.07, 6.45) is 2.40. The average molecular weight is 445 g/mol. The lowest BCUT2D eigenvalue weighted by molar-refractivity contribution is -0.124. The van der Waals surface area contributed by atoms with Gasteiger partial charge in [0.15, 0.2) is 0 Å². The summed E-state index contributed by atoms with van der Waals surface area (Å²) in [6.45, 7) is 3.83. The van der Waals surface area contributed by atoms with Crippen LogP contribution in [0.4, 0.5) is 14.5 Å². The Balaban J connectivity index is 1.56. The predicted molar refractivity (Wildman–Crippen MR) is 113 cm³/mol. The van der Waals surface area contributed by atoms with Gasteiger partial charge in [-0.25, -0.2) is 13.8 Å². The number of amides is 1. The highest BCUT2D eigenvalue weighted by Crippen LogP contribution is 2.37. The molecule has 4 rings (SSSR count).